The van der Waals surface area contributed by atoms with Crippen molar-refractivity contribution in [3.63, 3.8) is 0 Å². The van der Waals surface area contributed by atoms with Crippen molar-refractivity contribution in [3.8, 4) is 5.69 Å². The molecule has 1 aromatic heterocycles. The minimum absolute atomic E-state index is 0.0782. The lowest BCUT2D eigenvalue weighted by molar-refractivity contribution is 0.0698. The molecule has 0 bridgehead atoms. The average Bonchev–Trinajstić information content (AvgIpc) is 2.83. The molecular formula is C12H13N3O4S. The van der Waals surface area contributed by atoms with Crippen LogP contribution in [0.25, 0.3) is 5.69 Å². The van der Waals surface area contributed by atoms with Gasteiger partial charge in [-0.25, -0.2) is 17.9 Å². The number of aromatic carboxylic acids is 1. The number of rotatable bonds is 5. The summed E-state index contributed by atoms with van der Waals surface area (Å²) in [4.78, 5) is 11.2. The highest BCUT2D eigenvalue weighted by Gasteiger charge is 2.21. The first-order valence-electron chi connectivity index (χ1n) is 5.82. The van der Waals surface area contributed by atoms with Gasteiger partial charge in [0.25, 0.3) is 0 Å². The van der Waals surface area contributed by atoms with Gasteiger partial charge in [-0.05, 0) is 19.1 Å². The molecule has 0 unspecified atom stereocenters. The highest BCUT2D eigenvalue weighted by atomic mass is 32.2. The van der Waals surface area contributed by atoms with Gasteiger partial charge in [-0.3, -0.25) is 4.72 Å². The molecule has 2 rings (SSSR count). The standard InChI is InChI=1S/C12H13N3O4S/c1-2-20(18,19)14-11-10(12(16)17)8-13-15(11)9-6-4-3-5-7-9/h3-8,14H,2H2,1H3,(H,16,17). The van der Waals surface area contributed by atoms with E-state index in [4.69, 9.17) is 5.11 Å². The van der Waals surface area contributed by atoms with Crippen LogP contribution in [0.3, 0.4) is 0 Å². The molecule has 7 nitrogen and oxygen atoms in total. The molecule has 0 fully saturated rings. The molecule has 1 aromatic carbocycles. The van der Waals surface area contributed by atoms with E-state index in [0.29, 0.717) is 5.69 Å². The van der Waals surface area contributed by atoms with Crippen LogP contribution in [0.1, 0.15) is 17.3 Å². The van der Waals surface area contributed by atoms with Crippen LogP contribution in [-0.4, -0.2) is 35.0 Å². The summed E-state index contributed by atoms with van der Waals surface area (Å²) >= 11 is 0. The summed E-state index contributed by atoms with van der Waals surface area (Å²) in [5.74, 6) is -1.49. The summed E-state index contributed by atoms with van der Waals surface area (Å²) in [6, 6.07) is 8.68. The SMILES string of the molecule is CCS(=O)(=O)Nc1c(C(=O)O)cnn1-c1ccccc1. The Hall–Kier alpha value is -2.35. The monoisotopic (exact) mass is 295 g/mol. The highest BCUT2D eigenvalue weighted by Crippen LogP contribution is 2.21. The summed E-state index contributed by atoms with van der Waals surface area (Å²) in [6.45, 7) is 1.46. The van der Waals surface area contributed by atoms with Crippen LogP contribution in [0.4, 0.5) is 5.82 Å². The van der Waals surface area contributed by atoms with Crippen LogP contribution in [0.15, 0.2) is 36.5 Å². The first-order valence-corrected chi connectivity index (χ1v) is 7.47. The number of carboxylic acids is 1. The van der Waals surface area contributed by atoms with Gasteiger partial charge >= 0.3 is 5.97 Å². The Morgan fingerprint density at radius 1 is 1.35 bits per heavy atom. The van der Waals surface area contributed by atoms with E-state index >= 15 is 0 Å². The number of nitrogens with zero attached hydrogens (tertiary/aromatic N) is 2. The first-order chi connectivity index (χ1) is 9.44. The topological polar surface area (TPSA) is 101 Å². The van der Waals surface area contributed by atoms with Crippen LogP contribution in [0.5, 0.6) is 0 Å². The zero-order valence-electron chi connectivity index (χ0n) is 10.6. The molecule has 2 N–H and O–H groups in total. The van der Waals surface area contributed by atoms with Crippen molar-refractivity contribution in [3.05, 3.63) is 42.1 Å². The maximum atomic E-state index is 11.7. The fourth-order valence-electron chi connectivity index (χ4n) is 1.59. The maximum Gasteiger partial charge on any atom is 0.341 e. The second-order valence-electron chi connectivity index (χ2n) is 3.96. The quantitative estimate of drug-likeness (QED) is 0.866. The third-order valence-electron chi connectivity index (χ3n) is 2.63. The molecule has 1 heterocycles. The van der Waals surface area contributed by atoms with Crippen LogP contribution in [0, 0.1) is 0 Å². The summed E-state index contributed by atoms with van der Waals surface area (Å²) in [7, 11) is -3.60. The van der Waals surface area contributed by atoms with Crippen molar-refractivity contribution in [1.82, 2.24) is 9.78 Å². The second-order valence-corrected chi connectivity index (χ2v) is 5.98. The third kappa shape index (κ3) is 2.80. The van der Waals surface area contributed by atoms with E-state index in [1.807, 2.05) is 0 Å². The predicted octanol–water partition coefficient (Wildman–Crippen LogP) is 1.33. The first kappa shape index (κ1) is 14.1. The van der Waals surface area contributed by atoms with Crippen LogP contribution >= 0.6 is 0 Å². The third-order valence-corrected chi connectivity index (χ3v) is 3.90. The largest absolute Gasteiger partial charge is 0.477 e. The highest BCUT2D eigenvalue weighted by molar-refractivity contribution is 7.92. The van der Waals surface area contributed by atoms with E-state index in [1.54, 1.807) is 30.3 Å². The molecule has 0 saturated heterocycles. The zero-order chi connectivity index (χ0) is 14.8. The number of benzene rings is 1. The number of carbonyl (C=O) groups is 1. The summed E-state index contributed by atoms with van der Waals surface area (Å²) in [5.41, 5.74) is 0.361. The molecular weight excluding hydrogens is 282 g/mol. The Morgan fingerprint density at radius 3 is 2.55 bits per heavy atom. The van der Waals surface area contributed by atoms with Gasteiger partial charge in [0, 0.05) is 0 Å². The number of aromatic nitrogens is 2. The number of sulfonamides is 1. The Kier molecular flexibility index (Phi) is 3.75. The van der Waals surface area contributed by atoms with E-state index < -0.39 is 16.0 Å². The number of hydrogen-bond donors (Lipinski definition) is 2. The Morgan fingerprint density at radius 2 is 2.00 bits per heavy atom. The normalized spacial score (nSPS) is 11.2. The minimum Gasteiger partial charge on any atom is -0.477 e. The molecule has 0 radical (unpaired) electrons. The van der Waals surface area contributed by atoms with Gasteiger partial charge in [0.05, 0.1) is 17.6 Å². The molecule has 0 amide bonds. The smallest absolute Gasteiger partial charge is 0.341 e. The van der Waals surface area contributed by atoms with Gasteiger partial charge < -0.3 is 5.11 Å². The number of para-hydroxylation sites is 1. The molecule has 2 aromatic rings. The molecule has 8 heteroatoms. The fourth-order valence-corrected chi connectivity index (χ4v) is 2.22. The second kappa shape index (κ2) is 5.33. The average molecular weight is 295 g/mol. The summed E-state index contributed by atoms with van der Waals surface area (Å²) in [6.07, 6.45) is 1.11. The molecule has 0 aliphatic heterocycles. The lowest BCUT2D eigenvalue weighted by atomic mass is 10.3. The van der Waals surface area contributed by atoms with E-state index in [1.165, 1.54) is 11.6 Å². The van der Waals surface area contributed by atoms with Crippen molar-refractivity contribution in [2.45, 2.75) is 6.92 Å². The van der Waals surface area contributed by atoms with Gasteiger partial charge in [0.2, 0.25) is 10.0 Å². The maximum absolute atomic E-state index is 11.7. The van der Waals surface area contributed by atoms with Gasteiger partial charge in [0.15, 0.2) is 5.82 Å². The van der Waals surface area contributed by atoms with E-state index in [9.17, 15) is 13.2 Å². The van der Waals surface area contributed by atoms with Gasteiger partial charge in [0.1, 0.15) is 5.56 Å². The van der Waals surface area contributed by atoms with Crippen LogP contribution in [0.2, 0.25) is 0 Å². The van der Waals surface area contributed by atoms with Crippen LogP contribution in [-0.2, 0) is 10.0 Å². The number of carboxylic acid groups (broad SMARTS) is 1. The Bertz CT molecular complexity index is 722. The van der Waals surface area contributed by atoms with Crippen molar-refractivity contribution in [2.24, 2.45) is 0 Å². The van der Waals surface area contributed by atoms with Crippen LogP contribution < -0.4 is 4.72 Å². The molecule has 20 heavy (non-hydrogen) atoms. The van der Waals surface area contributed by atoms with E-state index in [2.05, 4.69) is 9.82 Å². The van der Waals surface area contributed by atoms with Crippen molar-refractivity contribution >= 4 is 21.8 Å². The van der Waals surface area contributed by atoms with Crippen molar-refractivity contribution in [1.29, 1.82) is 0 Å². The van der Waals surface area contributed by atoms with Crippen molar-refractivity contribution in [2.75, 3.05) is 10.5 Å². The van der Waals surface area contributed by atoms with Crippen molar-refractivity contribution < 1.29 is 18.3 Å². The van der Waals surface area contributed by atoms with E-state index in [0.717, 1.165) is 6.20 Å². The number of nitrogens with one attached hydrogen (secondary N) is 1. The van der Waals surface area contributed by atoms with Gasteiger partial charge in [-0.1, -0.05) is 18.2 Å². The Labute approximate surface area is 115 Å². The zero-order valence-corrected chi connectivity index (χ0v) is 11.5. The fraction of sp³-hybridized carbons (Fsp3) is 0.167. The lowest BCUT2D eigenvalue weighted by Crippen LogP contribution is -2.19. The molecule has 0 aliphatic rings. The van der Waals surface area contributed by atoms with Gasteiger partial charge in [-0.15, -0.1) is 0 Å². The lowest BCUT2D eigenvalue weighted by Gasteiger charge is -2.10. The molecule has 0 atom stereocenters. The molecule has 0 aliphatic carbocycles. The minimum atomic E-state index is -3.60. The van der Waals surface area contributed by atoms with E-state index in [-0.39, 0.29) is 17.1 Å². The number of anilines is 1. The van der Waals surface area contributed by atoms with Gasteiger partial charge in [-0.2, -0.15) is 5.10 Å². The Balaban J connectivity index is 2.57. The summed E-state index contributed by atoms with van der Waals surface area (Å²) in [5, 5.41) is 13.0. The summed E-state index contributed by atoms with van der Waals surface area (Å²) < 4.78 is 26.9. The molecule has 0 spiro atoms. The predicted molar refractivity (Wildman–Crippen MR) is 73.6 cm³/mol. The number of hydrogen-bond acceptors (Lipinski definition) is 4. The molecule has 0 saturated carbocycles. The molecule has 106 valence electrons.